The van der Waals surface area contributed by atoms with Gasteiger partial charge in [-0.25, -0.2) is 4.39 Å². The molecule has 24 heavy (non-hydrogen) atoms. The van der Waals surface area contributed by atoms with Crippen molar-refractivity contribution in [1.82, 2.24) is 4.90 Å². The topological polar surface area (TPSA) is 69.6 Å². The van der Waals surface area contributed by atoms with Gasteiger partial charge in [0.05, 0.1) is 11.7 Å². The van der Waals surface area contributed by atoms with Crippen LogP contribution >= 0.6 is 0 Å². The normalized spacial score (nSPS) is 14.2. The fourth-order valence-electron chi connectivity index (χ4n) is 2.53. The van der Waals surface area contributed by atoms with Crippen LogP contribution in [0.25, 0.3) is 0 Å². The van der Waals surface area contributed by atoms with Gasteiger partial charge in [0.15, 0.2) is 0 Å². The summed E-state index contributed by atoms with van der Waals surface area (Å²) < 4.78 is 13.7. The first-order valence-corrected chi connectivity index (χ1v) is 7.59. The van der Waals surface area contributed by atoms with E-state index in [4.69, 9.17) is 0 Å². The lowest BCUT2D eigenvalue weighted by Gasteiger charge is -2.36. The monoisotopic (exact) mass is 328 g/mol. The molecule has 5 nitrogen and oxygen atoms in total. The van der Waals surface area contributed by atoms with E-state index in [1.807, 2.05) is 0 Å². The molecule has 2 amide bonds. The van der Waals surface area contributed by atoms with E-state index in [0.717, 1.165) is 5.56 Å². The predicted molar refractivity (Wildman–Crippen MR) is 87.4 cm³/mol. The number of hydrogen-bond acceptors (Lipinski definition) is 3. The van der Waals surface area contributed by atoms with Gasteiger partial charge in [-0.15, -0.1) is 0 Å². The second-order valence-electron chi connectivity index (χ2n) is 5.83. The number of aliphatic hydroxyl groups is 1. The number of aliphatic hydroxyl groups excluding tert-OH is 1. The number of hydrogen-bond donors (Lipinski definition) is 2. The highest BCUT2D eigenvalue weighted by Gasteiger charge is 2.29. The van der Waals surface area contributed by atoms with Crippen LogP contribution in [0.5, 0.6) is 0 Å². The molecule has 0 aromatic heterocycles. The van der Waals surface area contributed by atoms with Gasteiger partial charge in [-0.05, 0) is 36.8 Å². The fourth-order valence-corrected chi connectivity index (χ4v) is 2.53. The summed E-state index contributed by atoms with van der Waals surface area (Å²) in [5.74, 6) is -1.38. The molecule has 1 fully saturated rings. The highest BCUT2D eigenvalue weighted by atomic mass is 19.1. The van der Waals surface area contributed by atoms with Gasteiger partial charge < -0.3 is 15.3 Å². The zero-order valence-corrected chi connectivity index (χ0v) is 13.1. The minimum Gasteiger partial charge on any atom is -0.389 e. The Morgan fingerprint density at radius 3 is 2.58 bits per heavy atom. The molecule has 1 heterocycles. The van der Waals surface area contributed by atoms with Gasteiger partial charge in [-0.1, -0.05) is 18.2 Å². The summed E-state index contributed by atoms with van der Waals surface area (Å²) in [7, 11) is 0. The third-order valence-corrected chi connectivity index (χ3v) is 4.00. The standard InChI is InChI=1S/C18H17FN2O3/c1-11-6-7-12(18(24)21-9-13(22)10-21)8-16(11)20-17(23)14-4-2-3-5-15(14)19/h2-8,13,22H,9-10H2,1H3,(H,20,23). The van der Waals surface area contributed by atoms with Gasteiger partial charge in [0.1, 0.15) is 5.82 Å². The maximum absolute atomic E-state index is 13.7. The molecule has 124 valence electrons. The lowest BCUT2D eigenvalue weighted by molar-refractivity contribution is 0.00590. The van der Waals surface area contributed by atoms with Crippen molar-refractivity contribution in [3.05, 3.63) is 65.0 Å². The largest absolute Gasteiger partial charge is 0.389 e. The van der Waals surface area contributed by atoms with Crippen LogP contribution in [0, 0.1) is 12.7 Å². The molecule has 1 saturated heterocycles. The number of anilines is 1. The van der Waals surface area contributed by atoms with E-state index >= 15 is 0 Å². The van der Waals surface area contributed by atoms with Crippen molar-refractivity contribution in [2.75, 3.05) is 18.4 Å². The molecular formula is C18H17FN2O3. The van der Waals surface area contributed by atoms with E-state index in [1.165, 1.54) is 23.1 Å². The number of β-amino-alcohol motifs (C(OH)–C–C–N with tert-alkyl or cyclic N) is 1. The maximum Gasteiger partial charge on any atom is 0.258 e. The quantitative estimate of drug-likeness (QED) is 0.907. The minimum absolute atomic E-state index is 0.0560. The first-order valence-electron chi connectivity index (χ1n) is 7.59. The lowest BCUT2D eigenvalue weighted by Crippen LogP contribution is -2.53. The Hall–Kier alpha value is -2.73. The van der Waals surface area contributed by atoms with E-state index in [9.17, 15) is 19.1 Å². The third-order valence-electron chi connectivity index (χ3n) is 4.00. The smallest absolute Gasteiger partial charge is 0.258 e. The van der Waals surface area contributed by atoms with Crippen molar-refractivity contribution in [3.63, 3.8) is 0 Å². The van der Waals surface area contributed by atoms with Crippen molar-refractivity contribution in [2.45, 2.75) is 13.0 Å². The molecule has 1 aliphatic rings. The molecule has 0 atom stereocenters. The number of carbonyl (C=O) groups is 2. The number of rotatable bonds is 3. The molecule has 2 N–H and O–H groups in total. The summed E-state index contributed by atoms with van der Waals surface area (Å²) in [6.45, 7) is 2.41. The molecule has 0 aliphatic carbocycles. The summed E-state index contributed by atoms with van der Waals surface area (Å²) >= 11 is 0. The van der Waals surface area contributed by atoms with E-state index in [1.54, 1.807) is 31.2 Å². The maximum atomic E-state index is 13.7. The van der Waals surface area contributed by atoms with Crippen molar-refractivity contribution < 1.29 is 19.1 Å². The molecule has 2 aromatic carbocycles. The van der Waals surface area contributed by atoms with Gasteiger partial charge in [0.25, 0.3) is 11.8 Å². The average Bonchev–Trinajstić information content (AvgIpc) is 2.53. The number of aryl methyl sites for hydroxylation is 1. The number of likely N-dealkylation sites (tertiary alicyclic amines) is 1. The predicted octanol–water partition coefficient (Wildman–Crippen LogP) is 2.20. The van der Waals surface area contributed by atoms with E-state index < -0.39 is 17.8 Å². The van der Waals surface area contributed by atoms with Crippen LogP contribution in [0.1, 0.15) is 26.3 Å². The van der Waals surface area contributed by atoms with Gasteiger partial charge in [0, 0.05) is 24.3 Å². The lowest BCUT2D eigenvalue weighted by atomic mass is 10.1. The Balaban J connectivity index is 1.80. The fraction of sp³-hybridized carbons (Fsp3) is 0.222. The van der Waals surface area contributed by atoms with Crippen LogP contribution in [-0.2, 0) is 0 Å². The molecule has 1 aliphatic heterocycles. The molecule has 0 radical (unpaired) electrons. The molecule has 6 heteroatoms. The van der Waals surface area contributed by atoms with Crippen molar-refractivity contribution >= 4 is 17.5 Å². The third kappa shape index (κ3) is 3.14. The zero-order valence-electron chi connectivity index (χ0n) is 13.1. The summed E-state index contributed by atoms with van der Waals surface area (Å²) in [6.07, 6.45) is -0.473. The van der Waals surface area contributed by atoms with Crippen LogP contribution in [0.2, 0.25) is 0 Å². The van der Waals surface area contributed by atoms with Crippen molar-refractivity contribution in [3.8, 4) is 0 Å². The summed E-state index contributed by atoms with van der Waals surface area (Å²) in [5, 5.41) is 11.9. The van der Waals surface area contributed by atoms with E-state index in [0.29, 0.717) is 24.3 Å². The van der Waals surface area contributed by atoms with Crippen LogP contribution in [-0.4, -0.2) is 41.0 Å². The highest BCUT2D eigenvalue weighted by molar-refractivity contribution is 6.05. The SMILES string of the molecule is Cc1ccc(C(=O)N2CC(O)C2)cc1NC(=O)c1ccccc1F. The Morgan fingerprint density at radius 1 is 1.21 bits per heavy atom. The Morgan fingerprint density at radius 2 is 1.92 bits per heavy atom. The van der Waals surface area contributed by atoms with Crippen LogP contribution in [0.15, 0.2) is 42.5 Å². The van der Waals surface area contributed by atoms with Crippen LogP contribution in [0.4, 0.5) is 10.1 Å². The minimum atomic E-state index is -0.602. The van der Waals surface area contributed by atoms with E-state index in [2.05, 4.69) is 5.32 Å². The summed E-state index contributed by atoms with van der Waals surface area (Å²) in [5.41, 5.74) is 1.57. The Kier molecular flexibility index (Phi) is 4.31. The number of nitrogens with one attached hydrogen (secondary N) is 1. The number of amides is 2. The van der Waals surface area contributed by atoms with Crippen molar-refractivity contribution in [2.24, 2.45) is 0 Å². The molecular weight excluding hydrogens is 311 g/mol. The number of carbonyl (C=O) groups excluding carboxylic acids is 2. The van der Waals surface area contributed by atoms with E-state index in [-0.39, 0.29) is 11.5 Å². The Labute approximate surface area is 138 Å². The van der Waals surface area contributed by atoms with Gasteiger partial charge in [-0.3, -0.25) is 9.59 Å². The Bertz CT molecular complexity index is 801. The number of benzene rings is 2. The summed E-state index contributed by atoms with van der Waals surface area (Å²) in [6, 6.07) is 10.7. The average molecular weight is 328 g/mol. The number of nitrogens with zero attached hydrogens (tertiary/aromatic N) is 1. The summed E-state index contributed by atoms with van der Waals surface area (Å²) in [4.78, 5) is 26.0. The number of halogens is 1. The van der Waals surface area contributed by atoms with Crippen LogP contribution < -0.4 is 5.32 Å². The second-order valence-corrected chi connectivity index (χ2v) is 5.83. The molecule has 2 aromatic rings. The molecule has 0 spiro atoms. The molecule has 0 bridgehead atoms. The first-order chi connectivity index (χ1) is 11.5. The zero-order chi connectivity index (χ0) is 17.3. The first kappa shape index (κ1) is 16.1. The van der Waals surface area contributed by atoms with Gasteiger partial charge >= 0.3 is 0 Å². The van der Waals surface area contributed by atoms with Gasteiger partial charge in [-0.2, -0.15) is 0 Å². The van der Waals surface area contributed by atoms with Crippen LogP contribution in [0.3, 0.4) is 0 Å². The van der Waals surface area contributed by atoms with Gasteiger partial charge in [0.2, 0.25) is 0 Å². The molecule has 0 unspecified atom stereocenters. The second kappa shape index (κ2) is 6.41. The van der Waals surface area contributed by atoms with Crippen molar-refractivity contribution in [1.29, 1.82) is 0 Å². The highest BCUT2D eigenvalue weighted by Crippen LogP contribution is 2.21. The molecule has 0 saturated carbocycles. The molecule has 3 rings (SSSR count).